The van der Waals surface area contributed by atoms with E-state index in [1.165, 1.54) is 0 Å². The van der Waals surface area contributed by atoms with Crippen LogP contribution in [-0.2, 0) is 0 Å². The Morgan fingerprint density at radius 2 is 2.36 bits per heavy atom. The number of benzene rings is 1. The lowest BCUT2D eigenvalue weighted by molar-refractivity contribution is 0.922. The van der Waals surface area contributed by atoms with Crippen LogP contribution in [0.1, 0.15) is 11.1 Å². The number of hydrogen-bond donors (Lipinski definition) is 1. The molecule has 0 heterocycles. The van der Waals surface area contributed by atoms with Crippen molar-refractivity contribution in [1.82, 2.24) is 5.32 Å². The maximum atomic E-state index is 8.70. The van der Waals surface area contributed by atoms with Crippen molar-refractivity contribution in [2.45, 2.75) is 0 Å². The normalized spacial score (nSPS) is 10.4. The van der Waals surface area contributed by atoms with Crippen LogP contribution in [0.25, 0.3) is 6.08 Å². The molecular formula is C11H11ClN2. The smallest absolute Gasteiger partial charge is 0.0991 e. The molecule has 2 nitrogen and oxygen atoms in total. The molecule has 0 aromatic heterocycles. The molecule has 0 saturated carbocycles. The molecule has 1 N–H and O–H groups in total. The Morgan fingerprint density at radius 3 is 3.00 bits per heavy atom. The second-order valence-electron chi connectivity index (χ2n) is 2.81. The van der Waals surface area contributed by atoms with Gasteiger partial charge in [0.05, 0.1) is 11.6 Å². The predicted molar refractivity (Wildman–Crippen MR) is 59.1 cm³/mol. The van der Waals surface area contributed by atoms with E-state index in [0.29, 0.717) is 10.6 Å². The molecule has 72 valence electrons. The van der Waals surface area contributed by atoms with Gasteiger partial charge in [-0.2, -0.15) is 5.26 Å². The second kappa shape index (κ2) is 5.43. The second-order valence-corrected chi connectivity index (χ2v) is 3.22. The maximum absolute atomic E-state index is 8.70. The summed E-state index contributed by atoms with van der Waals surface area (Å²) < 4.78 is 0. The van der Waals surface area contributed by atoms with Gasteiger partial charge in [0, 0.05) is 11.6 Å². The van der Waals surface area contributed by atoms with Crippen molar-refractivity contribution in [3.05, 3.63) is 40.4 Å². The lowest BCUT2D eigenvalue weighted by Gasteiger charge is -1.98. The molecule has 0 aliphatic rings. The zero-order valence-corrected chi connectivity index (χ0v) is 8.67. The molecule has 0 saturated heterocycles. The van der Waals surface area contributed by atoms with E-state index in [0.717, 1.165) is 12.1 Å². The van der Waals surface area contributed by atoms with E-state index >= 15 is 0 Å². The fraction of sp³-hybridized carbons (Fsp3) is 0.182. The van der Waals surface area contributed by atoms with Crippen molar-refractivity contribution < 1.29 is 0 Å². The van der Waals surface area contributed by atoms with E-state index in [9.17, 15) is 0 Å². The van der Waals surface area contributed by atoms with Gasteiger partial charge in [-0.25, -0.2) is 0 Å². The topological polar surface area (TPSA) is 35.8 Å². The fourth-order valence-electron chi connectivity index (χ4n) is 1.04. The Morgan fingerprint density at radius 1 is 1.57 bits per heavy atom. The molecule has 0 aliphatic heterocycles. The lowest BCUT2D eigenvalue weighted by atomic mass is 10.1. The Kier molecular flexibility index (Phi) is 4.18. The molecule has 0 aliphatic carbocycles. The summed E-state index contributed by atoms with van der Waals surface area (Å²) in [7, 11) is 1.87. The highest BCUT2D eigenvalue weighted by Gasteiger charge is 1.97. The number of hydrogen-bond acceptors (Lipinski definition) is 2. The van der Waals surface area contributed by atoms with Crippen molar-refractivity contribution in [2.24, 2.45) is 0 Å². The SMILES string of the molecule is CNCC=Cc1cc(C#N)ccc1Cl. The van der Waals surface area contributed by atoms with Crippen LogP contribution >= 0.6 is 11.6 Å². The Bertz CT molecular complexity index is 377. The van der Waals surface area contributed by atoms with E-state index in [2.05, 4.69) is 11.4 Å². The minimum Gasteiger partial charge on any atom is -0.316 e. The number of nitrogens with zero attached hydrogens (tertiary/aromatic N) is 1. The molecule has 1 aromatic rings. The summed E-state index contributed by atoms with van der Waals surface area (Å²) in [6.07, 6.45) is 3.86. The van der Waals surface area contributed by atoms with Crippen LogP contribution in [0.3, 0.4) is 0 Å². The first-order chi connectivity index (χ1) is 6.77. The minimum atomic E-state index is 0.624. The average Bonchev–Trinajstić information content (AvgIpc) is 2.21. The van der Waals surface area contributed by atoms with Gasteiger partial charge in [0.2, 0.25) is 0 Å². The number of halogens is 1. The van der Waals surface area contributed by atoms with Gasteiger partial charge >= 0.3 is 0 Å². The van der Waals surface area contributed by atoms with E-state index in [1.54, 1.807) is 18.2 Å². The Balaban J connectivity index is 2.90. The largest absolute Gasteiger partial charge is 0.316 e. The van der Waals surface area contributed by atoms with Gasteiger partial charge in [0.1, 0.15) is 0 Å². The molecule has 1 rings (SSSR count). The molecule has 0 atom stereocenters. The fourth-order valence-corrected chi connectivity index (χ4v) is 1.23. The number of likely N-dealkylation sites (N-methyl/N-ethyl adjacent to an activating group) is 1. The Labute approximate surface area is 88.8 Å². The molecule has 0 amide bonds. The van der Waals surface area contributed by atoms with Gasteiger partial charge in [-0.05, 0) is 30.8 Å². The molecule has 0 spiro atoms. The third kappa shape index (κ3) is 2.88. The van der Waals surface area contributed by atoms with Crippen LogP contribution in [0.4, 0.5) is 0 Å². The van der Waals surface area contributed by atoms with Crippen molar-refractivity contribution in [3.63, 3.8) is 0 Å². The predicted octanol–water partition coefficient (Wildman–Crippen LogP) is 2.44. The Hall–Kier alpha value is -1.30. The molecule has 0 unspecified atom stereocenters. The van der Waals surface area contributed by atoms with Crippen molar-refractivity contribution in [3.8, 4) is 6.07 Å². The van der Waals surface area contributed by atoms with E-state index in [1.807, 2.05) is 19.2 Å². The van der Waals surface area contributed by atoms with Crippen LogP contribution < -0.4 is 5.32 Å². The zero-order chi connectivity index (χ0) is 10.4. The molecule has 14 heavy (non-hydrogen) atoms. The van der Waals surface area contributed by atoms with Crippen LogP contribution in [0.15, 0.2) is 24.3 Å². The van der Waals surface area contributed by atoms with Crippen LogP contribution in [0.5, 0.6) is 0 Å². The molecule has 0 bridgehead atoms. The highest BCUT2D eigenvalue weighted by molar-refractivity contribution is 6.32. The standard InChI is InChI=1S/C11H11ClN2/c1-14-6-2-3-10-7-9(8-13)4-5-11(10)12/h2-5,7,14H,6H2,1H3. The van der Waals surface area contributed by atoms with Gasteiger partial charge in [-0.15, -0.1) is 0 Å². The number of nitriles is 1. The molecular weight excluding hydrogens is 196 g/mol. The molecule has 0 radical (unpaired) electrons. The van der Waals surface area contributed by atoms with E-state index in [4.69, 9.17) is 16.9 Å². The van der Waals surface area contributed by atoms with Gasteiger partial charge in [-0.1, -0.05) is 23.8 Å². The first kappa shape index (κ1) is 10.8. The highest BCUT2D eigenvalue weighted by atomic mass is 35.5. The maximum Gasteiger partial charge on any atom is 0.0991 e. The monoisotopic (exact) mass is 206 g/mol. The van der Waals surface area contributed by atoms with Crippen molar-refractivity contribution in [2.75, 3.05) is 13.6 Å². The summed E-state index contributed by atoms with van der Waals surface area (Å²) in [5, 5.41) is 12.3. The van der Waals surface area contributed by atoms with Crippen LogP contribution in [-0.4, -0.2) is 13.6 Å². The minimum absolute atomic E-state index is 0.624. The summed E-state index contributed by atoms with van der Waals surface area (Å²) >= 11 is 5.95. The summed E-state index contributed by atoms with van der Waals surface area (Å²) in [6.45, 7) is 0.785. The summed E-state index contributed by atoms with van der Waals surface area (Å²) in [5.74, 6) is 0. The highest BCUT2D eigenvalue weighted by Crippen LogP contribution is 2.18. The summed E-state index contributed by atoms with van der Waals surface area (Å²) in [5.41, 5.74) is 1.50. The van der Waals surface area contributed by atoms with Crippen LogP contribution in [0.2, 0.25) is 5.02 Å². The van der Waals surface area contributed by atoms with Crippen molar-refractivity contribution in [1.29, 1.82) is 5.26 Å². The molecule has 1 aromatic carbocycles. The summed E-state index contributed by atoms with van der Waals surface area (Å²) in [4.78, 5) is 0. The van der Waals surface area contributed by atoms with E-state index in [-0.39, 0.29) is 0 Å². The average molecular weight is 207 g/mol. The van der Waals surface area contributed by atoms with Crippen molar-refractivity contribution >= 4 is 17.7 Å². The third-order valence-electron chi connectivity index (χ3n) is 1.74. The lowest BCUT2D eigenvalue weighted by Crippen LogP contribution is -2.03. The summed E-state index contributed by atoms with van der Waals surface area (Å²) in [6, 6.07) is 7.29. The first-order valence-electron chi connectivity index (χ1n) is 4.28. The van der Waals surface area contributed by atoms with Crippen LogP contribution in [0, 0.1) is 11.3 Å². The van der Waals surface area contributed by atoms with E-state index < -0.39 is 0 Å². The molecule has 3 heteroatoms. The quantitative estimate of drug-likeness (QED) is 0.825. The number of nitrogens with one attached hydrogen (secondary N) is 1. The first-order valence-corrected chi connectivity index (χ1v) is 4.66. The van der Waals surface area contributed by atoms with Gasteiger partial charge in [0.25, 0.3) is 0 Å². The zero-order valence-electron chi connectivity index (χ0n) is 7.92. The third-order valence-corrected chi connectivity index (χ3v) is 2.09. The van der Waals surface area contributed by atoms with Gasteiger partial charge in [0.15, 0.2) is 0 Å². The molecule has 0 fully saturated rings. The van der Waals surface area contributed by atoms with Gasteiger partial charge in [-0.3, -0.25) is 0 Å². The number of rotatable bonds is 3. The van der Waals surface area contributed by atoms with Gasteiger partial charge < -0.3 is 5.32 Å².